The van der Waals surface area contributed by atoms with Crippen LogP contribution in [-0.4, -0.2) is 20.3 Å². The molecule has 0 saturated heterocycles. The van der Waals surface area contributed by atoms with Crippen molar-refractivity contribution in [1.29, 1.82) is 0 Å². The zero-order valence-corrected chi connectivity index (χ0v) is 10.1. The largest absolute Gasteiger partial charge is 0.419 e. The number of nitrogens with one attached hydrogen (secondary N) is 1. The van der Waals surface area contributed by atoms with Crippen LogP contribution in [-0.2, 0) is 10.9 Å². The van der Waals surface area contributed by atoms with E-state index >= 15 is 0 Å². The average molecular weight is 265 g/mol. The van der Waals surface area contributed by atoms with Crippen molar-refractivity contribution in [3.63, 3.8) is 0 Å². The van der Waals surface area contributed by atoms with Crippen molar-refractivity contribution in [3.05, 3.63) is 35.1 Å². The van der Waals surface area contributed by atoms with Gasteiger partial charge in [-0.2, -0.15) is 13.2 Å². The second-order valence-electron chi connectivity index (χ2n) is 3.71. The van der Waals surface area contributed by atoms with Crippen LogP contribution < -0.4 is 5.32 Å². The highest BCUT2D eigenvalue weighted by Gasteiger charge is 2.35. The van der Waals surface area contributed by atoms with Crippen LogP contribution in [0.2, 0.25) is 0 Å². The Labute approximate surface area is 103 Å². The Kier molecular flexibility index (Phi) is 5.10. The lowest BCUT2D eigenvalue weighted by molar-refractivity contribution is -0.140. The highest BCUT2D eigenvalue weighted by molar-refractivity contribution is 5.30. The van der Waals surface area contributed by atoms with E-state index in [4.69, 9.17) is 4.74 Å². The summed E-state index contributed by atoms with van der Waals surface area (Å²) in [5.74, 6) is -1.25. The predicted octanol–water partition coefficient (Wildman–Crippen LogP) is 3.14. The van der Waals surface area contributed by atoms with Gasteiger partial charge in [0.2, 0.25) is 0 Å². The highest BCUT2D eigenvalue weighted by atomic mass is 19.4. The van der Waals surface area contributed by atoms with Crippen molar-refractivity contribution in [1.82, 2.24) is 5.32 Å². The number of alkyl halides is 3. The topological polar surface area (TPSA) is 21.3 Å². The maximum atomic E-state index is 13.8. The minimum Gasteiger partial charge on any atom is -0.380 e. The van der Waals surface area contributed by atoms with Crippen molar-refractivity contribution in [2.45, 2.75) is 19.1 Å². The Morgan fingerprint density at radius 1 is 1.33 bits per heavy atom. The minimum atomic E-state index is -4.69. The predicted molar refractivity (Wildman–Crippen MR) is 59.7 cm³/mol. The third-order valence-electron chi connectivity index (χ3n) is 2.55. The summed E-state index contributed by atoms with van der Waals surface area (Å²) in [4.78, 5) is 0. The van der Waals surface area contributed by atoms with E-state index in [0.29, 0.717) is 6.61 Å². The minimum absolute atomic E-state index is 0.0409. The molecule has 1 rings (SSSR count). The monoisotopic (exact) mass is 265 g/mol. The van der Waals surface area contributed by atoms with Crippen LogP contribution in [0.25, 0.3) is 0 Å². The first-order chi connectivity index (χ1) is 8.41. The van der Waals surface area contributed by atoms with E-state index in [1.807, 2.05) is 0 Å². The fraction of sp³-hybridized carbons (Fsp3) is 0.500. The SMILES string of the molecule is CCOCC(NC)c1cccc(C(F)(F)F)c1F. The first-order valence-electron chi connectivity index (χ1n) is 5.52. The molecule has 18 heavy (non-hydrogen) atoms. The summed E-state index contributed by atoms with van der Waals surface area (Å²) >= 11 is 0. The van der Waals surface area contributed by atoms with Crippen LogP contribution >= 0.6 is 0 Å². The van der Waals surface area contributed by atoms with E-state index in [-0.39, 0.29) is 12.2 Å². The first-order valence-corrected chi connectivity index (χ1v) is 5.52. The number of likely N-dealkylation sites (N-methyl/N-ethyl adjacent to an activating group) is 1. The van der Waals surface area contributed by atoms with Gasteiger partial charge in [0, 0.05) is 12.2 Å². The molecule has 1 N–H and O–H groups in total. The van der Waals surface area contributed by atoms with Crippen LogP contribution in [0.15, 0.2) is 18.2 Å². The molecule has 1 unspecified atom stereocenters. The number of hydrogen-bond donors (Lipinski definition) is 1. The second-order valence-corrected chi connectivity index (χ2v) is 3.71. The summed E-state index contributed by atoms with van der Waals surface area (Å²) in [6.45, 7) is 2.29. The van der Waals surface area contributed by atoms with Gasteiger partial charge >= 0.3 is 6.18 Å². The second kappa shape index (κ2) is 6.15. The molecule has 1 aromatic carbocycles. The smallest absolute Gasteiger partial charge is 0.380 e. The molecule has 0 radical (unpaired) electrons. The Bertz CT molecular complexity index is 392. The molecule has 0 amide bonds. The lowest BCUT2D eigenvalue weighted by atomic mass is 10.0. The molecule has 0 bridgehead atoms. The van der Waals surface area contributed by atoms with E-state index in [0.717, 1.165) is 6.07 Å². The van der Waals surface area contributed by atoms with Gasteiger partial charge in [-0.15, -0.1) is 0 Å². The molecule has 0 fully saturated rings. The van der Waals surface area contributed by atoms with E-state index in [2.05, 4.69) is 5.32 Å². The van der Waals surface area contributed by atoms with Gasteiger partial charge in [-0.1, -0.05) is 12.1 Å². The zero-order valence-electron chi connectivity index (χ0n) is 10.1. The summed E-state index contributed by atoms with van der Waals surface area (Å²) in [6.07, 6.45) is -4.69. The molecule has 0 spiro atoms. The van der Waals surface area contributed by atoms with E-state index in [1.165, 1.54) is 12.1 Å². The number of benzene rings is 1. The fourth-order valence-corrected chi connectivity index (χ4v) is 1.60. The molecule has 0 heterocycles. The molecule has 0 aliphatic carbocycles. The van der Waals surface area contributed by atoms with Gasteiger partial charge in [0.1, 0.15) is 5.82 Å². The molecule has 0 aromatic heterocycles. The van der Waals surface area contributed by atoms with Gasteiger partial charge in [-0.05, 0) is 20.0 Å². The first kappa shape index (κ1) is 14.9. The summed E-state index contributed by atoms with van der Waals surface area (Å²) in [5, 5.41) is 2.74. The summed E-state index contributed by atoms with van der Waals surface area (Å²) < 4.78 is 56.6. The van der Waals surface area contributed by atoms with Crippen molar-refractivity contribution in [2.75, 3.05) is 20.3 Å². The highest BCUT2D eigenvalue weighted by Crippen LogP contribution is 2.33. The lowest BCUT2D eigenvalue weighted by Gasteiger charge is -2.19. The van der Waals surface area contributed by atoms with Gasteiger partial charge < -0.3 is 10.1 Å². The van der Waals surface area contributed by atoms with Gasteiger partial charge in [-0.25, -0.2) is 4.39 Å². The summed E-state index contributed by atoms with van der Waals surface area (Å²) in [5.41, 5.74) is -1.29. The molecule has 1 aromatic rings. The molecule has 0 aliphatic rings. The van der Waals surface area contributed by atoms with Crippen LogP contribution in [0.1, 0.15) is 24.1 Å². The van der Waals surface area contributed by atoms with E-state index in [9.17, 15) is 17.6 Å². The quantitative estimate of drug-likeness (QED) is 0.826. The van der Waals surface area contributed by atoms with Crippen molar-refractivity contribution in [3.8, 4) is 0 Å². The molecule has 6 heteroatoms. The normalized spacial score (nSPS) is 13.7. The Hall–Kier alpha value is -1.14. The Balaban J connectivity index is 3.08. The molecule has 0 saturated carbocycles. The number of halogens is 4. The maximum absolute atomic E-state index is 13.8. The molecule has 0 aliphatic heterocycles. The van der Waals surface area contributed by atoms with Crippen molar-refractivity contribution < 1.29 is 22.3 Å². The lowest BCUT2D eigenvalue weighted by Crippen LogP contribution is -2.24. The van der Waals surface area contributed by atoms with Gasteiger partial charge in [-0.3, -0.25) is 0 Å². The molecule has 1 atom stereocenters. The van der Waals surface area contributed by atoms with Crippen LogP contribution in [0.4, 0.5) is 17.6 Å². The number of rotatable bonds is 5. The molecule has 102 valence electrons. The number of ether oxygens (including phenoxy) is 1. The van der Waals surface area contributed by atoms with Gasteiger partial charge in [0.05, 0.1) is 18.2 Å². The van der Waals surface area contributed by atoms with Gasteiger partial charge in [0.25, 0.3) is 0 Å². The zero-order chi connectivity index (χ0) is 13.8. The molecular weight excluding hydrogens is 250 g/mol. The molecule has 2 nitrogen and oxygen atoms in total. The van der Waals surface area contributed by atoms with Crippen molar-refractivity contribution in [2.24, 2.45) is 0 Å². The van der Waals surface area contributed by atoms with Crippen LogP contribution in [0.5, 0.6) is 0 Å². The van der Waals surface area contributed by atoms with Crippen LogP contribution in [0.3, 0.4) is 0 Å². The van der Waals surface area contributed by atoms with E-state index < -0.39 is 23.6 Å². The third-order valence-corrected chi connectivity index (χ3v) is 2.55. The van der Waals surface area contributed by atoms with E-state index in [1.54, 1.807) is 14.0 Å². The van der Waals surface area contributed by atoms with Crippen molar-refractivity contribution >= 4 is 0 Å². The van der Waals surface area contributed by atoms with Gasteiger partial charge in [0.15, 0.2) is 0 Å². The number of hydrogen-bond acceptors (Lipinski definition) is 2. The fourth-order valence-electron chi connectivity index (χ4n) is 1.60. The average Bonchev–Trinajstić information content (AvgIpc) is 2.30. The summed E-state index contributed by atoms with van der Waals surface area (Å²) in [7, 11) is 1.55. The summed E-state index contributed by atoms with van der Waals surface area (Å²) in [6, 6.07) is 2.64. The maximum Gasteiger partial charge on any atom is 0.419 e. The third kappa shape index (κ3) is 3.43. The Morgan fingerprint density at radius 3 is 2.50 bits per heavy atom. The van der Waals surface area contributed by atoms with Crippen LogP contribution in [0, 0.1) is 5.82 Å². The Morgan fingerprint density at radius 2 is 2.00 bits per heavy atom. The standard InChI is InChI=1S/C12H15F4NO/c1-3-18-7-10(17-2)8-5-4-6-9(11(8)13)12(14,15)16/h4-6,10,17H,3,7H2,1-2H3. The molecular formula is C12H15F4NO.